The van der Waals surface area contributed by atoms with Gasteiger partial charge in [-0.1, -0.05) is 0 Å². The summed E-state index contributed by atoms with van der Waals surface area (Å²) >= 11 is 2.98. The van der Waals surface area contributed by atoms with Crippen molar-refractivity contribution in [2.24, 2.45) is 0 Å². The van der Waals surface area contributed by atoms with Crippen molar-refractivity contribution in [2.45, 2.75) is 17.9 Å². The number of sulfonamides is 1. The Kier molecular flexibility index (Phi) is 5.05. The minimum atomic E-state index is -3.90. The van der Waals surface area contributed by atoms with Gasteiger partial charge in [-0.2, -0.15) is 4.72 Å². The molecule has 1 aromatic carbocycles. The van der Waals surface area contributed by atoms with Gasteiger partial charge < -0.3 is 4.90 Å². The van der Waals surface area contributed by atoms with E-state index in [1.807, 2.05) is 0 Å². The van der Waals surface area contributed by atoms with Crippen molar-refractivity contribution < 1.29 is 17.6 Å². The summed E-state index contributed by atoms with van der Waals surface area (Å²) in [7, 11) is -0.839. The smallest absolute Gasteiger partial charge is 0.242 e. The predicted octanol–water partition coefficient (Wildman–Crippen LogP) is 1.34. The summed E-state index contributed by atoms with van der Waals surface area (Å²) in [6.45, 7) is 1.44. The summed E-state index contributed by atoms with van der Waals surface area (Å²) in [6, 6.07) is 2.32. The lowest BCUT2D eigenvalue weighted by Crippen LogP contribution is -2.44. The minimum absolute atomic E-state index is 0.101. The van der Waals surface area contributed by atoms with Crippen molar-refractivity contribution in [3.63, 3.8) is 0 Å². The molecule has 0 saturated carbocycles. The van der Waals surface area contributed by atoms with E-state index in [0.29, 0.717) is 0 Å². The molecule has 0 aliphatic carbocycles. The molecule has 0 fully saturated rings. The molecule has 0 spiro atoms. The molecule has 1 aromatic rings. The summed E-state index contributed by atoms with van der Waals surface area (Å²) in [6.07, 6.45) is 0. The van der Waals surface area contributed by atoms with E-state index in [1.54, 1.807) is 0 Å². The summed E-state index contributed by atoms with van der Waals surface area (Å²) in [5, 5.41) is 0. The Morgan fingerprint density at radius 3 is 2.47 bits per heavy atom. The van der Waals surface area contributed by atoms with Crippen LogP contribution < -0.4 is 4.72 Å². The van der Waals surface area contributed by atoms with Gasteiger partial charge in [-0.15, -0.1) is 0 Å². The molecule has 0 heterocycles. The van der Waals surface area contributed by atoms with Gasteiger partial charge in [0.1, 0.15) is 5.82 Å². The quantitative estimate of drug-likeness (QED) is 0.889. The van der Waals surface area contributed by atoms with E-state index in [0.717, 1.165) is 18.2 Å². The monoisotopic (exact) mass is 352 g/mol. The molecule has 8 heteroatoms. The lowest BCUT2D eigenvalue weighted by Gasteiger charge is -2.18. The zero-order valence-corrected chi connectivity index (χ0v) is 13.0. The first-order chi connectivity index (χ1) is 8.65. The highest BCUT2D eigenvalue weighted by molar-refractivity contribution is 9.10. The van der Waals surface area contributed by atoms with Crippen LogP contribution in [0.15, 0.2) is 27.6 Å². The third kappa shape index (κ3) is 3.99. The second-order valence-corrected chi connectivity index (χ2v) is 6.69. The largest absolute Gasteiger partial charge is 0.347 e. The summed E-state index contributed by atoms with van der Waals surface area (Å²) in [5.41, 5.74) is 0. The van der Waals surface area contributed by atoms with Gasteiger partial charge in [0, 0.05) is 18.6 Å². The first kappa shape index (κ1) is 16.1. The standard InChI is InChI=1S/C11H14BrFN2O3S/c1-7(11(16)15(2)3)14-19(17,18)10-5-4-8(13)6-9(10)12/h4-7,14H,1-3H3. The van der Waals surface area contributed by atoms with Gasteiger partial charge in [0.15, 0.2) is 0 Å². The van der Waals surface area contributed by atoms with E-state index < -0.39 is 21.9 Å². The maximum atomic E-state index is 12.9. The number of carbonyl (C=O) groups excluding carboxylic acids is 1. The number of halogens is 2. The molecule has 106 valence electrons. The van der Waals surface area contributed by atoms with Crippen LogP contribution in [-0.2, 0) is 14.8 Å². The van der Waals surface area contributed by atoms with Crippen molar-refractivity contribution in [1.82, 2.24) is 9.62 Å². The Balaban J connectivity index is 3.02. The third-order valence-corrected chi connectivity index (χ3v) is 4.84. The van der Waals surface area contributed by atoms with Crippen molar-refractivity contribution in [3.8, 4) is 0 Å². The van der Waals surface area contributed by atoms with Crippen LogP contribution in [-0.4, -0.2) is 39.4 Å². The van der Waals surface area contributed by atoms with Crippen LogP contribution in [0.4, 0.5) is 4.39 Å². The maximum absolute atomic E-state index is 12.9. The highest BCUT2D eigenvalue weighted by Gasteiger charge is 2.24. The summed E-state index contributed by atoms with van der Waals surface area (Å²) in [4.78, 5) is 12.8. The number of benzene rings is 1. The minimum Gasteiger partial charge on any atom is -0.347 e. The van der Waals surface area contributed by atoms with E-state index in [2.05, 4.69) is 20.7 Å². The fourth-order valence-corrected chi connectivity index (χ4v) is 3.67. The Labute approximate surface area is 120 Å². The van der Waals surface area contributed by atoms with Gasteiger partial charge in [0.25, 0.3) is 0 Å². The fraction of sp³-hybridized carbons (Fsp3) is 0.364. The number of hydrogen-bond acceptors (Lipinski definition) is 3. The molecular weight excluding hydrogens is 339 g/mol. The average Bonchev–Trinajstić information content (AvgIpc) is 2.26. The number of rotatable bonds is 4. The second-order valence-electron chi connectivity index (χ2n) is 4.15. The van der Waals surface area contributed by atoms with E-state index in [-0.39, 0.29) is 15.3 Å². The van der Waals surface area contributed by atoms with Crippen LogP contribution in [0, 0.1) is 5.82 Å². The van der Waals surface area contributed by atoms with Gasteiger partial charge in [-0.25, -0.2) is 12.8 Å². The Morgan fingerprint density at radius 2 is 2.00 bits per heavy atom. The van der Waals surface area contributed by atoms with Gasteiger partial charge in [-0.05, 0) is 41.1 Å². The van der Waals surface area contributed by atoms with E-state index in [4.69, 9.17) is 0 Å². The highest BCUT2D eigenvalue weighted by Crippen LogP contribution is 2.22. The molecule has 1 N–H and O–H groups in total. The second kappa shape index (κ2) is 5.98. The topological polar surface area (TPSA) is 66.5 Å². The number of nitrogens with one attached hydrogen (secondary N) is 1. The molecule has 1 amide bonds. The third-order valence-electron chi connectivity index (χ3n) is 2.33. The maximum Gasteiger partial charge on any atom is 0.242 e. The molecular formula is C11H14BrFN2O3S. The zero-order chi connectivity index (χ0) is 14.8. The normalized spacial score (nSPS) is 13.1. The van der Waals surface area contributed by atoms with Gasteiger partial charge in [0.05, 0.1) is 10.9 Å². The van der Waals surface area contributed by atoms with Crippen LogP contribution in [0.25, 0.3) is 0 Å². The molecule has 0 aromatic heterocycles. The molecule has 19 heavy (non-hydrogen) atoms. The van der Waals surface area contributed by atoms with Gasteiger partial charge in [-0.3, -0.25) is 4.79 Å². The van der Waals surface area contributed by atoms with E-state index in [9.17, 15) is 17.6 Å². The van der Waals surface area contributed by atoms with Gasteiger partial charge >= 0.3 is 0 Å². The number of hydrogen-bond donors (Lipinski definition) is 1. The molecule has 0 saturated heterocycles. The number of amides is 1. The lowest BCUT2D eigenvalue weighted by atomic mass is 10.3. The molecule has 0 radical (unpaired) electrons. The number of likely N-dealkylation sites (N-methyl/N-ethyl adjacent to an activating group) is 1. The Bertz CT molecular complexity index is 590. The SMILES string of the molecule is CC(NS(=O)(=O)c1ccc(F)cc1Br)C(=O)N(C)C. The Hall–Kier alpha value is -0.990. The zero-order valence-electron chi connectivity index (χ0n) is 10.6. The first-order valence-electron chi connectivity index (χ1n) is 5.33. The highest BCUT2D eigenvalue weighted by atomic mass is 79.9. The number of nitrogens with zero attached hydrogens (tertiary/aromatic N) is 1. The molecule has 5 nitrogen and oxygen atoms in total. The van der Waals surface area contributed by atoms with Crippen molar-refractivity contribution in [1.29, 1.82) is 0 Å². The van der Waals surface area contributed by atoms with E-state index in [1.165, 1.54) is 25.9 Å². The van der Waals surface area contributed by atoms with Crippen LogP contribution in [0.1, 0.15) is 6.92 Å². The molecule has 1 rings (SSSR count). The van der Waals surface area contributed by atoms with Gasteiger partial charge in [0.2, 0.25) is 15.9 Å². The first-order valence-corrected chi connectivity index (χ1v) is 7.61. The Morgan fingerprint density at radius 1 is 1.42 bits per heavy atom. The van der Waals surface area contributed by atoms with E-state index >= 15 is 0 Å². The van der Waals surface area contributed by atoms with Crippen LogP contribution in [0.5, 0.6) is 0 Å². The average molecular weight is 353 g/mol. The van der Waals surface area contributed by atoms with Crippen LogP contribution in [0.2, 0.25) is 0 Å². The van der Waals surface area contributed by atoms with Crippen molar-refractivity contribution in [2.75, 3.05) is 14.1 Å². The van der Waals surface area contributed by atoms with Crippen molar-refractivity contribution in [3.05, 3.63) is 28.5 Å². The molecule has 1 atom stereocenters. The summed E-state index contributed by atoms with van der Waals surface area (Å²) in [5.74, 6) is -0.926. The van der Waals surface area contributed by atoms with Crippen LogP contribution in [0.3, 0.4) is 0 Å². The lowest BCUT2D eigenvalue weighted by molar-refractivity contribution is -0.130. The molecule has 1 unspecified atom stereocenters. The van der Waals surface area contributed by atoms with Crippen molar-refractivity contribution >= 4 is 31.9 Å². The summed E-state index contributed by atoms with van der Waals surface area (Å²) < 4.78 is 39.4. The fourth-order valence-electron chi connectivity index (χ4n) is 1.43. The molecule has 0 bridgehead atoms. The molecule has 0 aliphatic rings. The van der Waals surface area contributed by atoms with Crippen LogP contribution >= 0.6 is 15.9 Å². The predicted molar refractivity (Wildman–Crippen MR) is 72.6 cm³/mol. The number of carbonyl (C=O) groups is 1. The molecule has 0 aliphatic heterocycles.